The van der Waals surface area contributed by atoms with E-state index in [1.807, 2.05) is 26.0 Å². The molecule has 0 aromatic heterocycles. The van der Waals surface area contributed by atoms with Gasteiger partial charge in [0.1, 0.15) is 12.4 Å². The van der Waals surface area contributed by atoms with Gasteiger partial charge in [-0.1, -0.05) is 0 Å². The van der Waals surface area contributed by atoms with Gasteiger partial charge in [0.15, 0.2) is 0 Å². The molecule has 112 valence electrons. The fourth-order valence-electron chi connectivity index (χ4n) is 2.44. The van der Waals surface area contributed by atoms with Crippen LogP contribution < -0.4 is 15.4 Å². The minimum absolute atomic E-state index is 0.254. The molecular weight excluding hydrogens is 252 g/mol. The summed E-state index contributed by atoms with van der Waals surface area (Å²) in [5, 5.41) is 0. The third-order valence-corrected chi connectivity index (χ3v) is 3.46. The van der Waals surface area contributed by atoms with Crippen LogP contribution in [-0.4, -0.2) is 38.4 Å². The Balaban J connectivity index is 1.80. The number of nitrogens with two attached hydrogens (primary N) is 1. The molecule has 0 amide bonds. The fourth-order valence-corrected chi connectivity index (χ4v) is 2.44. The van der Waals surface area contributed by atoms with Gasteiger partial charge in [0.2, 0.25) is 0 Å². The Morgan fingerprint density at radius 2 is 2.00 bits per heavy atom. The molecule has 0 spiro atoms. The van der Waals surface area contributed by atoms with E-state index < -0.39 is 0 Å². The summed E-state index contributed by atoms with van der Waals surface area (Å²) < 4.78 is 11.1. The summed E-state index contributed by atoms with van der Waals surface area (Å²) in [6, 6.07) is 8.55. The van der Waals surface area contributed by atoms with Gasteiger partial charge in [-0.05, 0) is 51.0 Å². The molecule has 1 heterocycles. The zero-order chi connectivity index (χ0) is 14.4. The number of hydrogen-bond donors (Lipinski definition) is 1. The summed E-state index contributed by atoms with van der Waals surface area (Å²) in [7, 11) is 0. The van der Waals surface area contributed by atoms with Gasteiger partial charge in [-0.15, -0.1) is 0 Å². The molecule has 1 unspecified atom stereocenters. The van der Waals surface area contributed by atoms with E-state index in [0.29, 0.717) is 19.3 Å². The molecule has 1 fully saturated rings. The zero-order valence-electron chi connectivity index (χ0n) is 12.5. The molecule has 1 aromatic rings. The molecule has 0 bridgehead atoms. The molecule has 1 aliphatic rings. The molecule has 1 saturated heterocycles. The van der Waals surface area contributed by atoms with E-state index in [1.54, 1.807) is 0 Å². The van der Waals surface area contributed by atoms with Crippen LogP contribution in [-0.2, 0) is 4.74 Å². The predicted molar refractivity (Wildman–Crippen MR) is 82.4 cm³/mol. The lowest BCUT2D eigenvalue weighted by molar-refractivity contribution is 0.0553. The van der Waals surface area contributed by atoms with Crippen molar-refractivity contribution in [3.05, 3.63) is 24.3 Å². The number of hydrogen-bond acceptors (Lipinski definition) is 4. The van der Waals surface area contributed by atoms with Crippen LogP contribution in [0.5, 0.6) is 5.75 Å². The Kier molecular flexibility index (Phi) is 5.68. The van der Waals surface area contributed by atoms with E-state index in [2.05, 4.69) is 17.0 Å². The van der Waals surface area contributed by atoms with Gasteiger partial charge in [0.25, 0.3) is 0 Å². The average Bonchev–Trinajstić information content (AvgIpc) is 2.44. The van der Waals surface area contributed by atoms with E-state index in [4.69, 9.17) is 15.2 Å². The Hall–Kier alpha value is -1.26. The minimum Gasteiger partial charge on any atom is -0.491 e. The number of nitrogens with zero attached hydrogens (tertiary/aromatic N) is 1. The van der Waals surface area contributed by atoms with Gasteiger partial charge in [-0.3, -0.25) is 0 Å². The van der Waals surface area contributed by atoms with Crippen molar-refractivity contribution < 1.29 is 9.47 Å². The first kappa shape index (κ1) is 15.1. The average molecular weight is 278 g/mol. The largest absolute Gasteiger partial charge is 0.491 e. The third kappa shape index (κ3) is 4.69. The van der Waals surface area contributed by atoms with Crippen LogP contribution in [0.1, 0.15) is 26.7 Å². The first-order valence-electron chi connectivity index (χ1n) is 7.50. The highest BCUT2D eigenvalue weighted by atomic mass is 16.5. The van der Waals surface area contributed by atoms with Gasteiger partial charge >= 0.3 is 0 Å². The Morgan fingerprint density at radius 3 is 2.65 bits per heavy atom. The SMILES string of the molecule is CC(C)OCCOc1ccc(N2CCCC(N)C2)cc1. The van der Waals surface area contributed by atoms with E-state index >= 15 is 0 Å². The molecule has 1 atom stereocenters. The number of benzene rings is 1. The van der Waals surface area contributed by atoms with Gasteiger partial charge in [0, 0.05) is 24.8 Å². The smallest absolute Gasteiger partial charge is 0.119 e. The minimum atomic E-state index is 0.254. The van der Waals surface area contributed by atoms with Crippen molar-refractivity contribution >= 4 is 5.69 Å². The summed E-state index contributed by atoms with van der Waals surface area (Å²) in [5.74, 6) is 0.891. The summed E-state index contributed by atoms with van der Waals surface area (Å²) >= 11 is 0. The molecule has 4 heteroatoms. The summed E-state index contributed by atoms with van der Waals surface area (Å²) in [6.45, 7) is 7.31. The van der Waals surface area contributed by atoms with E-state index in [9.17, 15) is 0 Å². The van der Waals surface area contributed by atoms with Crippen molar-refractivity contribution in [3.8, 4) is 5.75 Å². The molecule has 4 nitrogen and oxygen atoms in total. The highest BCUT2D eigenvalue weighted by Gasteiger charge is 2.16. The molecule has 2 N–H and O–H groups in total. The summed E-state index contributed by atoms with van der Waals surface area (Å²) in [6.07, 6.45) is 2.56. The monoisotopic (exact) mass is 278 g/mol. The lowest BCUT2D eigenvalue weighted by Crippen LogP contribution is -2.42. The predicted octanol–water partition coefficient (Wildman–Crippen LogP) is 2.42. The quantitative estimate of drug-likeness (QED) is 0.812. The molecule has 0 radical (unpaired) electrons. The maximum atomic E-state index is 6.02. The number of rotatable bonds is 6. The molecule has 20 heavy (non-hydrogen) atoms. The van der Waals surface area contributed by atoms with Crippen molar-refractivity contribution in [2.24, 2.45) is 5.73 Å². The van der Waals surface area contributed by atoms with E-state index in [1.165, 1.54) is 12.1 Å². The van der Waals surface area contributed by atoms with Crippen molar-refractivity contribution in [3.63, 3.8) is 0 Å². The van der Waals surface area contributed by atoms with E-state index in [-0.39, 0.29) is 6.10 Å². The fraction of sp³-hybridized carbons (Fsp3) is 0.625. The number of anilines is 1. The van der Waals surface area contributed by atoms with Crippen LogP contribution in [0.25, 0.3) is 0 Å². The second-order valence-corrected chi connectivity index (χ2v) is 5.61. The van der Waals surface area contributed by atoms with Crippen molar-refractivity contribution in [2.75, 3.05) is 31.2 Å². The second-order valence-electron chi connectivity index (χ2n) is 5.61. The lowest BCUT2D eigenvalue weighted by Gasteiger charge is -2.32. The van der Waals surface area contributed by atoms with Crippen LogP contribution in [0, 0.1) is 0 Å². The van der Waals surface area contributed by atoms with Crippen molar-refractivity contribution in [2.45, 2.75) is 38.8 Å². The Labute approximate surface area is 121 Å². The number of ether oxygens (including phenoxy) is 2. The van der Waals surface area contributed by atoms with Gasteiger partial charge in [0.05, 0.1) is 12.7 Å². The van der Waals surface area contributed by atoms with Crippen molar-refractivity contribution in [1.82, 2.24) is 0 Å². The van der Waals surface area contributed by atoms with Gasteiger partial charge in [-0.25, -0.2) is 0 Å². The molecule has 1 aliphatic heterocycles. The summed E-state index contributed by atoms with van der Waals surface area (Å²) in [4.78, 5) is 2.35. The number of piperidine rings is 1. The molecule has 1 aromatic carbocycles. The van der Waals surface area contributed by atoms with Gasteiger partial charge in [-0.2, -0.15) is 0 Å². The van der Waals surface area contributed by atoms with Crippen LogP contribution >= 0.6 is 0 Å². The zero-order valence-corrected chi connectivity index (χ0v) is 12.5. The van der Waals surface area contributed by atoms with Crippen molar-refractivity contribution in [1.29, 1.82) is 0 Å². The molecule has 0 aliphatic carbocycles. The maximum Gasteiger partial charge on any atom is 0.119 e. The maximum absolute atomic E-state index is 6.02. The van der Waals surface area contributed by atoms with Crippen LogP contribution in [0.3, 0.4) is 0 Å². The summed E-state index contributed by atoms with van der Waals surface area (Å²) in [5.41, 5.74) is 7.25. The van der Waals surface area contributed by atoms with Gasteiger partial charge < -0.3 is 20.1 Å². The first-order valence-corrected chi connectivity index (χ1v) is 7.50. The standard InChI is InChI=1S/C16H26N2O2/c1-13(2)19-10-11-20-16-7-5-15(6-8-16)18-9-3-4-14(17)12-18/h5-8,13-14H,3-4,9-12,17H2,1-2H3. The molecule has 0 saturated carbocycles. The Morgan fingerprint density at radius 1 is 1.25 bits per heavy atom. The third-order valence-electron chi connectivity index (χ3n) is 3.46. The Bertz CT molecular complexity index is 392. The van der Waals surface area contributed by atoms with E-state index in [0.717, 1.165) is 25.3 Å². The van der Waals surface area contributed by atoms with Crippen LogP contribution in [0.4, 0.5) is 5.69 Å². The van der Waals surface area contributed by atoms with Crippen LogP contribution in [0.15, 0.2) is 24.3 Å². The lowest BCUT2D eigenvalue weighted by atomic mass is 10.1. The highest BCUT2D eigenvalue weighted by Crippen LogP contribution is 2.22. The first-order chi connectivity index (χ1) is 9.65. The van der Waals surface area contributed by atoms with Crippen LogP contribution in [0.2, 0.25) is 0 Å². The second kappa shape index (κ2) is 7.50. The molecule has 2 rings (SSSR count). The normalized spacial score (nSPS) is 19.4. The highest BCUT2D eigenvalue weighted by molar-refractivity contribution is 5.49. The molecular formula is C16H26N2O2. The topological polar surface area (TPSA) is 47.7 Å².